The molecule has 1 heterocycles. The van der Waals surface area contributed by atoms with Crippen LogP contribution in [0.25, 0.3) is 0 Å². The molecular formula is C64H111NO10. The van der Waals surface area contributed by atoms with Gasteiger partial charge in [0.1, 0.15) is 24.4 Å². The summed E-state index contributed by atoms with van der Waals surface area (Å²) in [5.41, 5.74) is 0. The van der Waals surface area contributed by atoms with E-state index in [1.54, 1.807) is 6.08 Å². The summed E-state index contributed by atoms with van der Waals surface area (Å²) in [7, 11) is 0. The van der Waals surface area contributed by atoms with Gasteiger partial charge in [0.2, 0.25) is 5.91 Å². The highest BCUT2D eigenvalue weighted by Gasteiger charge is 2.47. The van der Waals surface area contributed by atoms with E-state index in [9.17, 15) is 35.1 Å². The number of aliphatic hydroxyl groups excluding tert-OH is 5. The van der Waals surface area contributed by atoms with Crippen LogP contribution in [-0.4, -0.2) is 99.6 Å². The van der Waals surface area contributed by atoms with Gasteiger partial charge in [-0.25, -0.2) is 0 Å². The van der Waals surface area contributed by atoms with Crippen molar-refractivity contribution in [2.45, 2.75) is 294 Å². The maximum Gasteiger partial charge on any atom is 0.306 e. The number of carbonyl (C=O) groups excluding carboxylic acids is 2. The highest BCUT2D eigenvalue weighted by molar-refractivity contribution is 5.80. The first kappa shape index (κ1) is 69.9. The third kappa shape index (κ3) is 39.8. The monoisotopic (exact) mass is 1050 g/mol. The minimum Gasteiger partial charge on any atom is -0.454 e. The number of carbonyl (C=O) groups is 2. The molecule has 0 aromatic rings. The van der Waals surface area contributed by atoms with E-state index in [-0.39, 0.29) is 19.4 Å². The number of amides is 1. The molecule has 0 bridgehead atoms. The van der Waals surface area contributed by atoms with Crippen LogP contribution in [0.2, 0.25) is 0 Å². The Bertz CT molecular complexity index is 1540. The molecule has 6 N–H and O–H groups in total. The number of esters is 1. The molecule has 1 fully saturated rings. The van der Waals surface area contributed by atoms with Crippen molar-refractivity contribution >= 4 is 11.9 Å². The highest BCUT2D eigenvalue weighted by Crippen LogP contribution is 2.26. The Labute approximate surface area is 457 Å². The van der Waals surface area contributed by atoms with E-state index in [1.165, 1.54) is 83.5 Å². The fourth-order valence-electron chi connectivity index (χ4n) is 8.92. The van der Waals surface area contributed by atoms with E-state index in [0.29, 0.717) is 12.8 Å². The lowest BCUT2D eigenvalue weighted by molar-refractivity contribution is -0.305. The third-order valence-electron chi connectivity index (χ3n) is 13.8. The van der Waals surface area contributed by atoms with Gasteiger partial charge in [-0.1, -0.05) is 228 Å². The largest absolute Gasteiger partial charge is 0.454 e. The van der Waals surface area contributed by atoms with Gasteiger partial charge in [0.15, 0.2) is 12.4 Å². The zero-order chi connectivity index (χ0) is 54.7. The molecule has 0 spiro atoms. The zero-order valence-electron chi connectivity index (χ0n) is 47.6. The van der Waals surface area contributed by atoms with Crippen LogP contribution < -0.4 is 5.32 Å². The van der Waals surface area contributed by atoms with Gasteiger partial charge in [-0.3, -0.25) is 9.59 Å². The molecule has 0 saturated carbocycles. The Morgan fingerprint density at radius 2 is 0.960 bits per heavy atom. The summed E-state index contributed by atoms with van der Waals surface area (Å²) in [6.07, 6.45) is 56.2. The minimum absolute atomic E-state index is 0.0974. The SMILES string of the molecule is CCCCC/C=C\C/C=C\C/C=C\C/C=C\CCCCCCCC(=O)OC1C(OCC(NC(=O)C(O)CCCCCCC/C=C/C=C/CCCCC)C(O)/C=C/CCCCCCCCCCC)OC(CO)C(O)C1O. The molecule has 11 nitrogen and oxygen atoms in total. The number of ether oxygens (including phenoxy) is 3. The summed E-state index contributed by atoms with van der Waals surface area (Å²) in [5, 5.41) is 56.9. The van der Waals surface area contributed by atoms with Crippen molar-refractivity contribution in [2.24, 2.45) is 0 Å². The Hall–Kier alpha value is -3.16. The first-order valence-corrected chi connectivity index (χ1v) is 30.4. The van der Waals surface area contributed by atoms with E-state index in [0.717, 1.165) is 116 Å². The van der Waals surface area contributed by atoms with E-state index in [1.807, 2.05) is 6.08 Å². The fourth-order valence-corrected chi connectivity index (χ4v) is 8.92. The number of hydrogen-bond donors (Lipinski definition) is 6. The Balaban J connectivity index is 2.69. The van der Waals surface area contributed by atoms with E-state index in [4.69, 9.17) is 14.2 Å². The molecule has 1 saturated heterocycles. The summed E-state index contributed by atoms with van der Waals surface area (Å²) in [6.45, 7) is 5.69. The normalized spacial score (nSPS) is 19.8. The van der Waals surface area contributed by atoms with E-state index in [2.05, 4.69) is 99.0 Å². The summed E-state index contributed by atoms with van der Waals surface area (Å²) in [5.74, 6) is -1.23. The van der Waals surface area contributed by atoms with Crippen LogP contribution in [0.5, 0.6) is 0 Å². The van der Waals surface area contributed by atoms with Gasteiger partial charge < -0.3 is 45.1 Å². The first-order chi connectivity index (χ1) is 36.7. The van der Waals surface area contributed by atoms with Crippen molar-refractivity contribution in [3.8, 4) is 0 Å². The Morgan fingerprint density at radius 1 is 0.533 bits per heavy atom. The summed E-state index contributed by atoms with van der Waals surface area (Å²) in [6, 6.07) is -1.04. The first-order valence-electron chi connectivity index (χ1n) is 30.4. The van der Waals surface area contributed by atoms with Gasteiger partial charge in [-0.2, -0.15) is 0 Å². The van der Waals surface area contributed by atoms with Gasteiger partial charge in [-0.05, 0) is 96.3 Å². The van der Waals surface area contributed by atoms with Crippen molar-refractivity contribution < 1.29 is 49.3 Å². The van der Waals surface area contributed by atoms with Crippen molar-refractivity contribution in [2.75, 3.05) is 13.2 Å². The zero-order valence-corrected chi connectivity index (χ0v) is 47.6. The average Bonchev–Trinajstić information content (AvgIpc) is 3.41. The molecule has 1 rings (SSSR count). The van der Waals surface area contributed by atoms with Gasteiger partial charge >= 0.3 is 5.97 Å². The second kappa shape index (κ2) is 51.6. The number of unbranched alkanes of at least 4 members (excludes halogenated alkanes) is 25. The number of allylic oxidation sites excluding steroid dienone is 13. The van der Waals surface area contributed by atoms with E-state index >= 15 is 0 Å². The summed E-state index contributed by atoms with van der Waals surface area (Å²) >= 11 is 0. The molecule has 0 aromatic carbocycles. The molecule has 0 aromatic heterocycles. The molecule has 1 aliphatic heterocycles. The molecule has 0 radical (unpaired) electrons. The topological polar surface area (TPSA) is 175 Å². The van der Waals surface area contributed by atoms with Crippen LogP contribution in [0.15, 0.2) is 85.1 Å². The number of hydrogen-bond acceptors (Lipinski definition) is 10. The smallest absolute Gasteiger partial charge is 0.306 e. The third-order valence-corrected chi connectivity index (χ3v) is 13.8. The van der Waals surface area contributed by atoms with Gasteiger partial charge in [0.05, 0.1) is 25.4 Å². The van der Waals surface area contributed by atoms with Crippen molar-refractivity contribution in [1.29, 1.82) is 0 Å². The predicted octanol–water partition coefficient (Wildman–Crippen LogP) is 14.2. The lowest BCUT2D eigenvalue weighted by atomic mass is 9.99. The lowest BCUT2D eigenvalue weighted by Gasteiger charge is -2.41. The number of aliphatic hydroxyl groups is 5. The molecule has 11 heteroatoms. The van der Waals surface area contributed by atoms with Crippen LogP contribution in [0, 0.1) is 0 Å². The minimum atomic E-state index is -1.63. The molecule has 1 amide bonds. The molecule has 8 unspecified atom stereocenters. The van der Waals surface area contributed by atoms with Crippen molar-refractivity contribution in [3.05, 3.63) is 85.1 Å². The van der Waals surface area contributed by atoms with Crippen LogP contribution in [-0.2, 0) is 23.8 Å². The highest BCUT2D eigenvalue weighted by atomic mass is 16.7. The molecule has 8 atom stereocenters. The van der Waals surface area contributed by atoms with Crippen LogP contribution in [0.3, 0.4) is 0 Å². The van der Waals surface area contributed by atoms with Gasteiger partial charge in [0.25, 0.3) is 0 Å². The van der Waals surface area contributed by atoms with Crippen LogP contribution >= 0.6 is 0 Å². The van der Waals surface area contributed by atoms with Crippen molar-refractivity contribution in [3.63, 3.8) is 0 Å². The van der Waals surface area contributed by atoms with Gasteiger partial charge in [-0.15, -0.1) is 0 Å². The molecule has 75 heavy (non-hydrogen) atoms. The Kier molecular flexibility index (Phi) is 48.0. The molecule has 0 aliphatic carbocycles. The van der Waals surface area contributed by atoms with E-state index < -0.39 is 67.4 Å². The predicted molar refractivity (Wildman–Crippen MR) is 310 cm³/mol. The second-order valence-corrected chi connectivity index (χ2v) is 20.8. The molecule has 1 aliphatic rings. The molecular weight excluding hydrogens is 943 g/mol. The molecule has 432 valence electrons. The van der Waals surface area contributed by atoms with Crippen LogP contribution in [0.1, 0.15) is 245 Å². The fraction of sp³-hybridized carbons (Fsp3) is 0.750. The Morgan fingerprint density at radius 3 is 1.48 bits per heavy atom. The van der Waals surface area contributed by atoms with Crippen molar-refractivity contribution in [1.82, 2.24) is 5.32 Å². The maximum absolute atomic E-state index is 13.4. The lowest BCUT2D eigenvalue weighted by Crippen LogP contribution is -2.61. The maximum atomic E-state index is 13.4. The van der Waals surface area contributed by atoms with Gasteiger partial charge in [0, 0.05) is 6.42 Å². The second-order valence-electron chi connectivity index (χ2n) is 20.8. The standard InChI is InChI=1S/C64H111NO10/c1-4-7-10-13-16-19-22-24-26-27-28-29-30-31-32-34-37-40-43-46-49-52-59(69)75-62-61(71)60(70)58(53-66)74-64(62)73-54-55(56(67)50-47-44-41-38-35-21-18-15-12-9-6-3)65-63(72)57(68)51-48-45-42-39-36-33-25-23-20-17-14-11-8-5-2/h16-17,19-20,23-26,28-29,31-32,47,50,55-58,60-62,64,66-68,70-71H,4-15,18,21-22,27,30,33-46,48-49,51-54H2,1-3H3,(H,65,72)/b19-16-,20-17+,25-23+,26-24-,29-28-,32-31-,50-47+. The quantitative estimate of drug-likeness (QED) is 0.0149. The number of nitrogens with one attached hydrogen (secondary N) is 1. The number of rotatable bonds is 50. The average molecular weight is 1050 g/mol. The summed E-state index contributed by atoms with van der Waals surface area (Å²) < 4.78 is 17.6. The van der Waals surface area contributed by atoms with Crippen LogP contribution in [0.4, 0.5) is 0 Å². The summed E-state index contributed by atoms with van der Waals surface area (Å²) in [4.78, 5) is 26.5.